The quantitative estimate of drug-likeness (QED) is 0.879. The molecule has 2 rings (SSSR count). The van der Waals surface area contributed by atoms with E-state index in [1.165, 1.54) is 6.07 Å². The maximum absolute atomic E-state index is 13.7. The molecule has 18 heavy (non-hydrogen) atoms. The predicted octanol–water partition coefficient (Wildman–Crippen LogP) is 4.19. The molecule has 3 heteroatoms. The van der Waals surface area contributed by atoms with Crippen LogP contribution in [0.1, 0.15) is 38.1 Å². The molecule has 1 atom stereocenters. The Bertz CT molecular complexity index is 506. The normalized spacial score (nSPS) is 13.4. The first-order valence-corrected chi connectivity index (χ1v) is 6.46. The number of nitrogens with one attached hydrogen (secondary N) is 1. The SMILES string of the molecule is CCNC(c1cc2c(C)ccc(F)c2o1)C(C)C. The summed E-state index contributed by atoms with van der Waals surface area (Å²) in [5, 5.41) is 4.25. The summed E-state index contributed by atoms with van der Waals surface area (Å²) in [6.45, 7) is 9.15. The average molecular weight is 249 g/mol. The van der Waals surface area contributed by atoms with Crippen molar-refractivity contribution in [1.29, 1.82) is 0 Å². The van der Waals surface area contributed by atoms with Crippen LogP contribution in [0, 0.1) is 18.7 Å². The van der Waals surface area contributed by atoms with Crippen molar-refractivity contribution in [1.82, 2.24) is 5.32 Å². The van der Waals surface area contributed by atoms with Gasteiger partial charge in [0.15, 0.2) is 11.4 Å². The summed E-state index contributed by atoms with van der Waals surface area (Å²) in [4.78, 5) is 0. The molecule has 1 heterocycles. The monoisotopic (exact) mass is 249 g/mol. The lowest BCUT2D eigenvalue weighted by atomic mass is 10.0. The van der Waals surface area contributed by atoms with E-state index in [2.05, 4.69) is 26.1 Å². The van der Waals surface area contributed by atoms with Crippen LogP contribution >= 0.6 is 0 Å². The summed E-state index contributed by atoms with van der Waals surface area (Å²) in [6, 6.07) is 5.33. The van der Waals surface area contributed by atoms with Crippen LogP contribution in [-0.4, -0.2) is 6.54 Å². The maximum Gasteiger partial charge on any atom is 0.170 e. The zero-order chi connectivity index (χ0) is 13.3. The Kier molecular flexibility index (Phi) is 3.71. The number of benzene rings is 1. The Morgan fingerprint density at radius 3 is 2.61 bits per heavy atom. The van der Waals surface area contributed by atoms with E-state index < -0.39 is 0 Å². The van der Waals surface area contributed by atoms with E-state index in [1.807, 2.05) is 13.0 Å². The first-order valence-electron chi connectivity index (χ1n) is 6.46. The van der Waals surface area contributed by atoms with Crippen molar-refractivity contribution in [2.24, 2.45) is 5.92 Å². The number of halogens is 1. The molecule has 0 aliphatic heterocycles. The molecule has 0 saturated carbocycles. The van der Waals surface area contributed by atoms with Crippen LogP contribution in [-0.2, 0) is 0 Å². The molecule has 0 radical (unpaired) electrons. The van der Waals surface area contributed by atoms with E-state index in [-0.39, 0.29) is 11.9 Å². The van der Waals surface area contributed by atoms with Crippen molar-refractivity contribution in [3.8, 4) is 0 Å². The molecule has 1 N–H and O–H groups in total. The predicted molar refractivity (Wildman–Crippen MR) is 72.2 cm³/mol. The van der Waals surface area contributed by atoms with Gasteiger partial charge in [-0.2, -0.15) is 0 Å². The molecule has 0 spiro atoms. The van der Waals surface area contributed by atoms with Gasteiger partial charge in [-0.05, 0) is 37.1 Å². The number of fused-ring (bicyclic) bond motifs is 1. The maximum atomic E-state index is 13.7. The third kappa shape index (κ3) is 2.27. The summed E-state index contributed by atoms with van der Waals surface area (Å²) in [7, 11) is 0. The third-order valence-corrected chi connectivity index (χ3v) is 3.27. The molecule has 98 valence electrons. The van der Waals surface area contributed by atoms with Gasteiger partial charge in [0.05, 0.1) is 6.04 Å². The highest BCUT2D eigenvalue weighted by atomic mass is 19.1. The van der Waals surface area contributed by atoms with Gasteiger partial charge in [0.2, 0.25) is 0 Å². The number of furan rings is 1. The second-order valence-electron chi connectivity index (χ2n) is 5.04. The molecule has 2 aromatic rings. The molecule has 0 fully saturated rings. The highest BCUT2D eigenvalue weighted by Crippen LogP contribution is 2.31. The molecule has 1 aromatic heterocycles. The van der Waals surface area contributed by atoms with Crippen LogP contribution in [0.25, 0.3) is 11.0 Å². The van der Waals surface area contributed by atoms with E-state index in [9.17, 15) is 4.39 Å². The number of hydrogen-bond donors (Lipinski definition) is 1. The summed E-state index contributed by atoms with van der Waals surface area (Å²) in [5.74, 6) is 0.921. The van der Waals surface area contributed by atoms with Crippen LogP contribution < -0.4 is 5.32 Å². The number of aryl methyl sites for hydroxylation is 1. The fourth-order valence-corrected chi connectivity index (χ4v) is 2.28. The van der Waals surface area contributed by atoms with Crippen LogP contribution in [0.4, 0.5) is 4.39 Å². The van der Waals surface area contributed by atoms with E-state index in [1.54, 1.807) is 6.07 Å². The largest absolute Gasteiger partial charge is 0.456 e. The number of hydrogen-bond acceptors (Lipinski definition) is 2. The smallest absolute Gasteiger partial charge is 0.170 e. The van der Waals surface area contributed by atoms with Gasteiger partial charge in [-0.3, -0.25) is 0 Å². The van der Waals surface area contributed by atoms with Crippen molar-refractivity contribution in [3.05, 3.63) is 35.3 Å². The van der Waals surface area contributed by atoms with Gasteiger partial charge >= 0.3 is 0 Å². The minimum Gasteiger partial charge on any atom is -0.456 e. The molecule has 1 aromatic carbocycles. The van der Waals surface area contributed by atoms with Crippen molar-refractivity contribution in [2.45, 2.75) is 33.7 Å². The standard InChI is InChI=1S/C15H20FNO/c1-5-17-14(9(2)3)13-8-11-10(4)6-7-12(16)15(11)18-13/h6-9,14,17H,5H2,1-4H3. The van der Waals surface area contributed by atoms with Gasteiger partial charge in [0.1, 0.15) is 5.76 Å². The minimum atomic E-state index is -0.291. The van der Waals surface area contributed by atoms with E-state index >= 15 is 0 Å². The highest BCUT2D eigenvalue weighted by Gasteiger charge is 2.20. The molecule has 1 unspecified atom stereocenters. The summed E-state index contributed by atoms with van der Waals surface area (Å²) >= 11 is 0. The second kappa shape index (κ2) is 5.11. The lowest BCUT2D eigenvalue weighted by Gasteiger charge is -2.18. The van der Waals surface area contributed by atoms with Crippen molar-refractivity contribution >= 4 is 11.0 Å². The van der Waals surface area contributed by atoms with Gasteiger partial charge in [-0.1, -0.05) is 26.8 Å². The van der Waals surface area contributed by atoms with Gasteiger partial charge in [-0.15, -0.1) is 0 Å². The fourth-order valence-electron chi connectivity index (χ4n) is 2.28. The first kappa shape index (κ1) is 13.1. The van der Waals surface area contributed by atoms with Crippen molar-refractivity contribution < 1.29 is 8.81 Å². The zero-order valence-corrected chi connectivity index (χ0v) is 11.4. The van der Waals surface area contributed by atoms with Gasteiger partial charge in [0, 0.05) is 5.39 Å². The Labute approximate surface area is 107 Å². The zero-order valence-electron chi connectivity index (χ0n) is 11.4. The molecule has 0 aliphatic rings. The Morgan fingerprint density at radius 1 is 1.33 bits per heavy atom. The van der Waals surface area contributed by atoms with Crippen molar-refractivity contribution in [3.63, 3.8) is 0 Å². The topological polar surface area (TPSA) is 25.2 Å². The number of rotatable bonds is 4. The minimum absolute atomic E-state index is 0.126. The molecular weight excluding hydrogens is 229 g/mol. The van der Waals surface area contributed by atoms with Crippen LogP contribution in [0.3, 0.4) is 0 Å². The molecular formula is C15H20FNO. The van der Waals surface area contributed by atoms with Crippen LogP contribution in [0.2, 0.25) is 0 Å². The lowest BCUT2D eigenvalue weighted by Crippen LogP contribution is -2.24. The molecule has 2 nitrogen and oxygen atoms in total. The van der Waals surface area contributed by atoms with E-state index in [0.29, 0.717) is 11.5 Å². The van der Waals surface area contributed by atoms with Crippen LogP contribution in [0.5, 0.6) is 0 Å². The van der Waals surface area contributed by atoms with Gasteiger partial charge < -0.3 is 9.73 Å². The Morgan fingerprint density at radius 2 is 2.06 bits per heavy atom. The van der Waals surface area contributed by atoms with Gasteiger partial charge in [-0.25, -0.2) is 4.39 Å². The third-order valence-electron chi connectivity index (χ3n) is 3.27. The Hall–Kier alpha value is -1.35. The summed E-state index contributed by atoms with van der Waals surface area (Å²) in [6.07, 6.45) is 0. The summed E-state index contributed by atoms with van der Waals surface area (Å²) < 4.78 is 19.4. The van der Waals surface area contributed by atoms with Gasteiger partial charge in [0.25, 0.3) is 0 Å². The summed E-state index contributed by atoms with van der Waals surface area (Å²) in [5.41, 5.74) is 1.41. The second-order valence-corrected chi connectivity index (χ2v) is 5.04. The fraction of sp³-hybridized carbons (Fsp3) is 0.467. The van der Waals surface area contributed by atoms with Crippen molar-refractivity contribution in [2.75, 3.05) is 6.54 Å². The lowest BCUT2D eigenvalue weighted by molar-refractivity contribution is 0.354. The molecule has 0 saturated heterocycles. The van der Waals surface area contributed by atoms with E-state index in [0.717, 1.165) is 23.3 Å². The molecule has 0 bridgehead atoms. The van der Waals surface area contributed by atoms with E-state index in [4.69, 9.17) is 4.42 Å². The Balaban J connectivity index is 2.52. The average Bonchev–Trinajstić information content (AvgIpc) is 2.76. The van der Waals surface area contributed by atoms with Crippen LogP contribution in [0.15, 0.2) is 22.6 Å². The first-order chi connectivity index (χ1) is 8.54. The molecule has 0 aliphatic carbocycles. The highest BCUT2D eigenvalue weighted by molar-refractivity contribution is 5.82. The molecule has 0 amide bonds.